The first-order valence-corrected chi connectivity index (χ1v) is 10.2. The normalized spacial score (nSPS) is 13.5. The highest BCUT2D eigenvalue weighted by Crippen LogP contribution is 2.31. The summed E-state index contributed by atoms with van der Waals surface area (Å²) in [6, 6.07) is 3.50. The quantitative estimate of drug-likeness (QED) is 0.527. The standard InChI is InChI=1S/C20H19N7O2S/c1-26-16-13(17-19(26)25-15(30-17)8-11-4-3-7-22-11)9-23-27(20(16)28)10-12-5-6-14(29-2)18(21)24-12/h3-6,9H,7-8,10H2,1-2H3,(H2,21,24). The van der Waals surface area contributed by atoms with Crippen molar-refractivity contribution in [2.45, 2.75) is 13.0 Å². The number of fused-ring (bicyclic) bond motifs is 3. The summed E-state index contributed by atoms with van der Waals surface area (Å²) in [5.74, 6) is 0.778. The molecule has 0 atom stereocenters. The Kier molecular flexibility index (Phi) is 4.35. The first-order valence-electron chi connectivity index (χ1n) is 9.38. The van der Waals surface area contributed by atoms with E-state index in [2.05, 4.69) is 15.1 Å². The van der Waals surface area contributed by atoms with Gasteiger partial charge in [0.15, 0.2) is 17.2 Å². The number of anilines is 1. The fourth-order valence-corrected chi connectivity index (χ4v) is 4.74. The van der Waals surface area contributed by atoms with Crippen molar-refractivity contribution in [3.8, 4) is 5.75 Å². The maximum absolute atomic E-state index is 13.1. The molecule has 0 bridgehead atoms. The van der Waals surface area contributed by atoms with Gasteiger partial charge in [0.1, 0.15) is 10.5 Å². The molecule has 152 valence electrons. The van der Waals surface area contributed by atoms with Gasteiger partial charge in [-0.05, 0) is 18.2 Å². The summed E-state index contributed by atoms with van der Waals surface area (Å²) in [6.45, 7) is 0.952. The van der Waals surface area contributed by atoms with E-state index in [9.17, 15) is 4.79 Å². The molecule has 4 aromatic heterocycles. The Labute approximate surface area is 175 Å². The summed E-state index contributed by atoms with van der Waals surface area (Å²) < 4.78 is 9.33. The fraction of sp³-hybridized carbons (Fsp3) is 0.250. The van der Waals surface area contributed by atoms with Gasteiger partial charge in [0.2, 0.25) is 0 Å². The number of aromatic nitrogens is 5. The molecule has 5 heterocycles. The van der Waals surface area contributed by atoms with E-state index in [1.165, 1.54) is 11.8 Å². The van der Waals surface area contributed by atoms with Gasteiger partial charge in [-0.25, -0.2) is 14.6 Å². The van der Waals surface area contributed by atoms with E-state index >= 15 is 0 Å². The number of allylic oxidation sites excluding steroid dienone is 1. The Bertz CT molecular complexity index is 1410. The molecule has 1 aliphatic rings. The van der Waals surface area contributed by atoms with Crippen molar-refractivity contribution < 1.29 is 4.74 Å². The van der Waals surface area contributed by atoms with E-state index in [0.29, 0.717) is 23.4 Å². The molecule has 4 aromatic rings. The highest BCUT2D eigenvalue weighted by molar-refractivity contribution is 7.19. The average molecular weight is 421 g/mol. The van der Waals surface area contributed by atoms with Crippen LogP contribution in [-0.2, 0) is 20.0 Å². The molecule has 5 rings (SSSR count). The van der Waals surface area contributed by atoms with Crippen LogP contribution in [0.15, 0.2) is 40.3 Å². The minimum atomic E-state index is -0.193. The maximum atomic E-state index is 13.1. The van der Waals surface area contributed by atoms with E-state index in [1.54, 1.807) is 29.7 Å². The number of rotatable bonds is 5. The van der Waals surface area contributed by atoms with E-state index in [0.717, 1.165) is 33.0 Å². The number of nitrogens with zero attached hydrogens (tertiary/aromatic N) is 6. The summed E-state index contributed by atoms with van der Waals surface area (Å²) >= 11 is 1.58. The van der Waals surface area contributed by atoms with Gasteiger partial charge < -0.3 is 15.0 Å². The van der Waals surface area contributed by atoms with Gasteiger partial charge >= 0.3 is 0 Å². The molecule has 0 unspecified atom stereocenters. The highest BCUT2D eigenvalue weighted by Gasteiger charge is 2.19. The summed E-state index contributed by atoms with van der Waals surface area (Å²) in [5, 5.41) is 6.16. The molecule has 0 saturated heterocycles. The highest BCUT2D eigenvalue weighted by atomic mass is 32.1. The zero-order valence-electron chi connectivity index (χ0n) is 16.5. The number of ether oxygens (including phenoxy) is 1. The number of hydrogen-bond acceptors (Lipinski definition) is 8. The fourth-order valence-electron chi connectivity index (χ4n) is 3.62. The second kappa shape index (κ2) is 7.06. The third kappa shape index (κ3) is 2.96. The van der Waals surface area contributed by atoms with Gasteiger partial charge in [-0.3, -0.25) is 9.79 Å². The lowest BCUT2D eigenvalue weighted by Crippen LogP contribution is -2.25. The van der Waals surface area contributed by atoms with Crippen molar-refractivity contribution in [1.29, 1.82) is 0 Å². The molecule has 1 aliphatic heterocycles. The summed E-state index contributed by atoms with van der Waals surface area (Å²) in [6.07, 6.45) is 6.49. The van der Waals surface area contributed by atoms with Gasteiger partial charge in [-0.1, -0.05) is 6.08 Å². The van der Waals surface area contributed by atoms with Gasteiger partial charge in [-0.2, -0.15) is 5.10 Å². The molecule has 9 nitrogen and oxygen atoms in total. The first-order chi connectivity index (χ1) is 14.5. The molecule has 30 heavy (non-hydrogen) atoms. The van der Waals surface area contributed by atoms with Crippen LogP contribution in [0.5, 0.6) is 5.75 Å². The Balaban J connectivity index is 1.54. The number of thiazole rings is 1. The predicted octanol–water partition coefficient (Wildman–Crippen LogP) is 1.93. The lowest BCUT2D eigenvalue weighted by Gasteiger charge is -2.08. The summed E-state index contributed by atoms with van der Waals surface area (Å²) in [5.41, 5.74) is 8.71. The second-order valence-electron chi connectivity index (χ2n) is 6.99. The van der Waals surface area contributed by atoms with Crippen LogP contribution in [-0.4, -0.2) is 43.7 Å². The molecule has 2 N–H and O–H groups in total. The summed E-state index contributed by atoms with van der Waals surface area (Å²) in [4.78, 5) is 26.6. The zero-order valence-corrected chi connectivity index (χ0v) is 17.3. The van der Waals surface area contributed by atoms with E-state index in [4.69, 9.17) is 15.5 Å². The van der Waals surface area contributed by atoms with Gasteiger partial charge in [0, 0.05) is 24.6 Å². The SMILES string of the molecule is COc1ccc(Cn2ncc3c4sc(CC5=NCC=C5)nc4n(C)c3c2=O)nc1N. The lowest BCUT2D eigenvalue weighted by molar-refractivity contribution is 0.415. The van der Waals surface area contributed by atoms with E-state index in [1.807, 2.05) is 23.8 Å². The first kappa shape index (κ1) is 18.5. The van der Waals surface area contributed by atoms with Crippen molar-refractivity contribution in [2.24, 2.45) is 12.0 Å². The molecular weight excluding hydrogens is 402 g/mol. The topological polar surface area (TPSA) is 113 Å². The molecule has 0 amide bonds. The van der Waals surface area contributed by atoms with E-state index in [-0.39, 0.29) is 17.9 Å². The number of pyridine rings is 1. The van der Waals surface area contributed by atoms with E-state index < -0.39 is 0 Å². The zero-order chi connectivity index (χ0) is 20.8. The van der Waals surface area contributed by atoms with Crippen molar-refractivity contribution in [1.82, 2.24) is 24.3 Å². The molecule has 0 radical (unpaired) electrons. The van der Waals surface area contributed by atoms with Crippen LogP contribution in [0.1, 0.15) is 10.7 Å². The van der Waals surface area contributed by atoms with Crippen molar-refractivity contribution in [2.75, 3.05) is 19.4 Å². The Morgan fingerprint density at radius 1 is 1.30 bits per heavy atom. The van der Waals surface area contributed by atoms with Crippen molar-refractivity contribution in [3.05, 3.63) is 51.5 Å². The molecule has 10 heteroatoms. The molecule has 0 spiro atoms. The van der Waals surface area contributed by atoms with Crippen LogP contribution >= 0.6 is 11.3 Å². The number of nitrogens with two attached hydrogens (primary N) is 1. The second-order valence-corrected chi connectivity index (χ2v) is 8.07. The van der Waals surface area contributed by atoms with Gasteiger partial charge in [0.25, 0.3) is 5.56 Å². The van der Waals surface area contributed by atoms with Crippen molar-refractivity contribution >= 4 is 44.1 Å². The number of hydrogen-bond donors (Lipinski definition) is 1. The van der Waals surface area contributed by atoms with Crippen LogP contribution in [0.2, 0.25) is 0 Å². The monoisotopic (exact) mass is 421 g/mol. The number of aliphatic imine (C=N–C) groups is 1. The maximum Gasteiger partial charge on any atom is 0.291 e. The Morgan fingerprint density at radius 2 is 2.17 bits per heavy atom. The van der Waals surface area contributed by atoms with Crippen LogP contribution in [0.4, 0.5) is 5.82 Å². The Morgan fingerprint density at radius 3 is 2.90 bits per heavy atom. The molecule has 0 saturated carbocycles. The van der Waals surface area contributed by atoms with Crippen molar-refractivity contribution in [3.63, 3.8) is 0 Å². The average Bonchev–Trinajstić information content (AvgIpc) is 3.44. The van der Waals surface area contributed by atoms with Crippen LogP contribution in [0.25, 0.3) is 21.3 Å². The van der Waals surface area contributed by atoms with Gasteiger partial charge in [-0.15, -0.1) is 11.3 Å². The Hall–Kier alpha value is -3.53. The largest absolute Gasteiger partial charge is 0.493 e. The number of nitrogen functional groups attached to an aromatic ring is 1. The molecule has 0 aromatic carbocycles. The third-order valence-electron chi connectivity index (χ3n) is 5.09. The smallest absolute Gasteiger partial charge is 0.291 e. The molecule has 0 aliphatic carbocycles. The summed E-state index contributed by atoms with van der Waals surface area (Å²) in [7, 11) is 3.39. The number of methoxy groups -OCH3 is 1. The molecular formula is C20H19N7O2S. The minimum Gasteiger partial charge on any atom is -0.493 e. The van der Waals surface area contributed by atoms with Crippen LogP contribution in [0.3, 0.4) is 0 Å². The minimum absolute atomic E-state index is 0.193. The predicted molar refractivity (Wildman–Crippen MR) is 118 cm³/mol. The van der Waals surface area contributed by atoms with Crippen LogP contribution in [0, 0.1) is 0 Å². The van der Waals surface area contributed by atoms with Crippen LogP contribution < -0.4 is 16.0 Å². The lowest BCUT2D eigenvalue weighted by atomic mass is 10.3. The molecule has 0 fully saturated rings. The number of aryl methyl sites for hydroxylation is 1. The third-order valence-corrected chi connectivity index (χ3v) is 6.17. The van der Waals surface area contributed by atoms with Gasteiger partial charge in [0.05, 0.1) is 36.8 Å².